The molecule has 1 fully saturated rings. The topological polar surface area (TPSA) is 17.1 Å². The third-order valence-corrected chi connectivity index (χ3v) is 4.48. The highest BCUT2D eigenvalue weighted by molar-refractivity contribution is 5.83. The highest BCUT2D eigenvalue weighted by atomic mass is 19.4. The van der Waals surface area contributed by atoms with Crippen LogP contribution in [0, 0.1) is 11.8 Å². The maximum atomic E-state index is 12.5. The molecule has 2 atom stereocenters. The minimum atomic E-state index is -4.32. The quantitative estimate of drug-likeness (QED) is 0.761. The summed E-state index contributed by atoms with van der Waals surface area (Å²) in [5.41, 5.74) is 0.00837. The van der Waals surface area contributed by atoms with Crippen LogP contribution in [0.2, 0.25) is 0 Å². The Morgan fingerprint density at radius 2 is 1.86 bits per heavy atom. The van der Waals surface area contributed by atoms with Crippen molar-refractivity contribution in [3.63, 3.8) is 0 Å². The zero-order valence-electron chi connectivity index (χ0n) is 12.2. The highest BCUT2D eigenvalue weighted by Crippen LogP contribution is 2.32. The van der Waals surface area contributed by atoms with Crippen LogP contribution in [0.5, 0.6) is 0 Å². The van der Waals surface area contributed by atoms with Gasteiger partial charge < -0.3 is 0 Å². The number of carbonyl (C=O) groups excluding carboxylic acids is 1. The number of hydrogen-bond donors (Lipinski definition) is 0. The molecule has 21 heavy (non-hydrogen) atoms. The molecule has 1 aliphatic rings. The van der Waals surface area contributed by atoms with E-state index >= 15 is 0 Å². The Balaban J connectivity index is 1.96. The highest BCUT2D eigenvalue weighted by Gasteiger charge is 2.30. The molecule has 0 spiro atoms. The van der Waals surface area contributed by atoms with Gasteiger partial charge in [0.05, 0.1) is 5.56 Å². The molecule has 1 aliphatic carbocycles. The van der Waals surface area contributed by atoms with Gasteiger partial charge in [-0.15, -0.1) is 0 Å². The van der Waals surface area contributed by atoms with Crippen LogP contribution < -0.4 is 0 Å². The average molecular weight is 298 g/mol. The van der Waals surface area contributed by atoms with Gasteiger partial charge in [-0.05, 0) is 36.5 Å². The van der Waals surface area contributed by atoms with Crippen LogP contribution in [0.3, 0.4) is 0 Å². The van der Waals surface area contributed by atoms with Crippen molar-refractivity contribution in [2.24, 2.45) is 11.8 Å². The van der Waals surface area contributed by atoms with Gasteiger partial charge in [0, 0.05) is 12.3 Å². The monoisotopic (exact) mass is 298 g/mol. The molecule has 0 amide bonds. The van der Waals surface area contributed by atoms with Crippen LogP contribution in [0.15, 0.2) is 24.3 Å². The SMILES string of the molecule is CCC1CCCC(C(=O)Cc2ccc(C(F)(F)F)cc2)C1. The van der Waals surface area contributed by atoms with Gasteiger partial charge in [0.15, 0.2) is 0 Å². The van der Waals surface area contributed by atoms with Crippen LogP contribution >= 0.6 is 0 Å². The number of rotatable bonds is 4. The molecular weight excluding hydrogens is 277 g/mol. The second-order valence-corrected chi connectivity index (χ2v) is 5.98. The van der Waals surface area contributed by atoms with Gasteiger partial charge in [-0.2, -0.15) is 13.2 Å². The van der Waals surface area contributed by atoms with E-state index in [1.54, 1.807) is 0 Å². The summed E-state index contributed by atoms with van der Waals surface area (Å²) in [6.45, 7) is 2.15. The van der Waals surface area contributed by atoms with Crippen molar-refractivity contribution in [1.82, 2.24) is 0 Å². The van der Waals surface area contributed by atoms with Crippen molar-refractivity contribution >= 4 is 5.78 Å². The Morgan fingerprint density at radius 1 is 1.19 bits per heavy atom. The number of hydrogen-bond acceptors (Lipinski definition) is 1. The Bertz CT molecular complexity index is 476. The zero-order valence-corrected chi connectivity index (χ0v) is 12.2. The minimum absolute atomic E-state index is 0.0889. The molecule has 2 unspecified atom stereocenters. The lowest BCUT2D eigenvalue weighted by atomic mass is 9.77. The summed E-state index contributed by atoms with van der Waals surface area (Å²) in [4.78, 5) is 12.3. The number of Topliss-reactive ketones (excluding diaryl/α,β-unsaturated/α-hetero) is 1. The number of alkyl halides is 3. The fraction of sp³-hybridized carbons (Fsp3) is 0.588. The zero-order chi connectivity index (χ0) is 15.5. The fourth-order valence-electron chi connectivity index (χ4n) is 3.11. The van der Waals surface area contributed by atoms with Crippen LogP contribution in [0.25, 0.3) is 0 Å². The maximum Gasteiger partial charge on any atom is 0.416 e. The molecule has 2 rings (SSSR count). The summed E-state index contributed by atoms with van der Waals surface area (Å²) in [6, 6.07) is 4.94. The van der Waals surface area contributed by atoms with Gasteiger partial charge in [0.25, 0.3) is 0 Å². The van der Waals surface area contributed by atoms with Crippen molar-refractivity contribution in [3.8, 4) is 0 Å². The van der Waals surface area contributed by atoms with Gasteiger partial charge in [-0.3, -0.25) is 4.79 Å². The van der Waals surface area contributed by atoms with Crippen LogP contribution in [-0.4, -0.2) is 5.78 Å². The molecule has 1 saturated carbocycles. The van der Waals surface area contributed by atoms with Crippen LogP contribution in [0.4, 0.5) is 13.2 Å². The van der Waals surface area contributed by atoms with Crippen molar-refractivity contribution in [2.75, 3.05) is 0 Å². The Labute approximate surface area is 123 Å². The number of benzene rings is 1. The lowest BCUT2D eigenvalue weighted by Crippen LogP contribution is -2.24. The van der Waals surface area contributed by atoms with E-state index in [0.717, 1.165) is 37.8 Å². The van der Waals surface area contributed by atoms with E-state index in [0.29, 0.717) is 11.5 Å². The molecule has 0 N–H and O–H groups in total. The summed E-state index contributed by atoms with van der Waals surface area (Å²) in [5, 5.41) is 0. The van der Waals surface area contributed by atoms with Crippen LogP contribution in [0.1, 0.15) is 50.2 Å². The fourth-order valence-corrected chi connectivity index (χ4v) is 3.11. The van der Waals surface area contributed by atoms with E-state index < -0.39 is 11.7 Å². The number of halogens is 3. The Morgan fingerprint density at radius 3 is 2.43 bits per heavy atom. The van der Waals surface area contributed by atoms with Crippen molar-refractivity contribution in [2.45, 2.75) is 51.6 Å². The summed E-state index contributed by atoms with van der Waals surface area (Å²) >= 11 is 0. The first-order valence-electron chi connectivity index (χ1n) is 7.59. The number of ketones is 1. The van der Waals surface area contributed by atoms with Crippen molar-refractivity contribution in [3.05, 3.63) is 35.4 Å². The predicted molar refractivity (Wildman–Crippen MR) is 75.9 cm³/mol. The molecule has 0 radical (unpaired) electrons. The largest absolute Gasteiger partial charge is 0.416 e. The smallest absolute Gasteiger partial charge is 0.299 e. The summed E-state index contributed by atoms with van der Waals surface area (Å²) in [5.74, 6) is 0.888. The molecule has 1 nitrogen and oxygen atoms in total. The molecule has 1 aromatic rings. The van der Waals surface area contributed by atoms with E-state index in [2.05, 4.69) is 6.92 Å². The van der Waals surface area contributed by atoms with E-state index in [-0.39, 0.29) is 18.1 Å². The molecule has 0 heterocycles. The van der Waals surface area contributed by atoms with Gasteiger partial charge in [-0.25, -0.2) is 0 Å². The third kappa shape index (κ3) is 4.32. The molecule has 116 valence electrons. The first kappa shape index (κ1) is 16.1. The average Bonchev–Trinajstić information content (AvgIpc) is 2.47. The number of carbonyl (C=O) groups is 1. The maximum absolute atomic E-state index is 12.5. The normalized spacial score (nSPS) is 23.0. The first-order chi connectivity index (χ1) is 9.90. The van der Waals surface area contributed by atoms with E-state index in [1.165, 1.54) is 18.6 Å². The standard InChI is InChI=1S/C17H21F3O/c1-2-12-4-3-5-14(10-12)16(21)11-13-6-8-15(9-7-13)17(18,19)20/h6-9,12,14H,2-5,10-11H2,1H3. The van der Waals surface area contributed by atoms with Crippen molar-refractivity contribution < 1.29 is 18.0 Å². The third-order valence-electron chi connectivity index (χ3n) is 4.48. The summed E-state index contributed by atoms with van der Waals surface area (Å²) in [6.07, 6.45) is 1.18. The van der Waals surface area contributed by atoms with Crippen molar-refractivity contribution in [1.29, 1.82) is 0 Å². The van der Waals surface area contributed by atoms with E-state index in [4.69, 9.17) is 0 Å². The van der Waals surface area contributed by atoms with Gasteiger partial charge in [-0.1, -0.05) is 38.3 Å². The molecule has 4 heteroatoms. The second kappa shape index (κ2) is 6.63. The van der Waals surface area contributed by atoms with Crippen LogP contribution in [-0.2, 0) is 17.4 Å². The molecule has 0 aromatic heterocycles. The lowest BCUT2D eigenvalue weighted by molar-refractivity contribution is -0.137. The molecular formula is C17H21F3O. The second-order valence-electron chi connectivity index (χ2n) is 5.98. The van der Waals surface area contributed by atoms with Gasteiger partial charge >= 0.3 is 6.18 Å². The van der Waals surface area contributed by atoms with E-state index in [9.17, 15) is 18.0 Å². The minimum Gasteiger partial charge on any atom is -0.299 e. The molecule has 0 aliphatic heterocycles. The van der Waals surface area contributed by atoms with Gasteiger partial charge in [0.1, 0.15) is 5.78 Å². The Kier molecular flexibility index (Phi) is 5.07. The summed E-state index contributed by atoms with van der Waals surface area (Å²) in [7, 11) is 0. The predicted octanol–water partition coefficient (Wildman–Crippen LogP) is 5.03. The first-order valence-corrected chi connectivity index (χ1v) is 7.59. The molecule has 1 aromatic carbocycles. The van der Waals surface area contributed by atoms with E-state index in [1.807, 2.05) is 0 Å². The molecule has 0 saturated heterocycles. The lowest BCUT2D eigenvalue weighted by Gasteiger charge is -2.27. The van der Waals surface area contributed by atoms with Gasteiger partial charge in [0.2, 0.25) is 0 Å². The molecule has 0 bridgehead atoms. The Hall–Kier alpha value is -1.32. The summed E-state index contributed by atoms with van der Waals surface area (Å²) < 4.78 is 37.5.